The van der Waals surface area contributed by atoms with Crippen LogP contribution in [-0.4, -0.2) is 6.41 Å². The minimum Gasteiger partial charge on any atom is -0.372 e. The Balaban J connectivity index is 0.000000386. The van der Waals surface area contributed by atoms with Gasteiger partial charge in [-0.1, -0.05) is 27.2 Å². The first-order valence-corrected chi connectivity index (χ1v) is 6.75. The summed E-state index contributed by atoms with van der Waals surface area (Å²) in [6.45, 7) is 7.30. The van der Waals surface area contributed by atoms with Crippen LogP contribution in [0.1, 0.15) is 52.9 Å². The highest BCUT2D eigenvalue weighted by Crippen LogP contribution is 2.50. The van der Waals surface area contributed by atoms with Gasteiger partial charge < -0.3 is 5.73 Å². The fraction of sp³-hybridized carbons (Fsp3) is 0.929. The van der Waals surface area contributed by atoms with Gasteiger partial charge in [-0.15, -0.1) is 0 Å². The largest absolute Gasteiger partial charge is 0.372 e. The van der Waals surface area contributed by atoms with Crippen molar-refractivity contribution < 1.29 is 4.79 Å². The Hall–Kier alpha value is -0.530. The van der Waals surface area contributed by atoms with Crippen LogP contribution in [0.5, 0.6) is 0 Å². The quantitative estimate of drug-likeness (QED) is 0.720. The predicted octanol–water partition coefficient (Wildman–Crippen LogP) is 3.21. The molecule has 2 fully saturated rings. The van der Waals surface area contributed by atoms with Crippen LogP contribution in [-0.2, 0) is 4.79 Å². The Morgan fingerprint density at radius 1 is 1.19 bits per heavy atom. The third kappa shape index (κ3) is 3.80. The Morgan fingerprint density at radius 2 is 1.75 bits per heavy atom. The summed E-state index contributed by atoms with van der Waals surface area (Å²) in [6.07, 6.45) is 7.88. The summed E-state index contributed by atoms with van der Waals surface area (Å²) in [4.78, 5) is 8.58. The minimum absolute atomic E-state index is 0.250. The molecule has 3 unspecified atom stereocenters. The third-order valence-electron chi connectivity index (χ3n) is 4.30. The molecule has 1 amide bonds. The fourth-order valence-electron chi connectivity index (χ4n) is 3.34. The van der Waals surface area contributed by atoms with Crippen molar-refractivity contribution in [2.75, 3.05) is 0 Å². The van der Waals surface area contributed by atoms with Crippen molar-refractivity contribution in [1.29, 1.82) is 0 Å². The van der Waals surface area contributed by atoms with Crippen molar-refractivity contribution in [1.82, 2.24) is 0 Å². The first kappa shape index (κ1) is 13.5. The third-order valence-corrected chi connectivity index (χ3v) is 4.30. The molecule has 2 saturated carbocycles. The van der Waals surface area contributed by atoms with Crippen molar-refractivity contribution in [3.63, 3.8) is 0 Å². The predicted molar refractivity (Wildman–Crippen MR) is 67.8 cm³/mol. The van der Waals surface area contributed by atoms with Crippen LogP contribution in [0.15, 0.2) is 0 Å². The molecule has 2 aliphatic carbocycles. The first-order valence-electron chi connectivity index (χ1n) is 6.75. The Labute approximate surface area is 100.0 Å². The maximum atomic E-state index is 8.58. The van der Waals surface area contributed by atoms with Crippen LogP contribution >= 0.6 is 0 Å². The lowest BCUT2D eigenvalue weighted by Gasteiger charge is -2.37. The minimum atomic E-state index is 0.250. The number of carbonyl (C=O) groups excluding carboxylic acids is 1. The summed E-state index contributed by atoms with van der Waals surface area (Å²) in [5.41, 5.74) is 4.17. The number of hydrogen-bond acceptors (Lipinski definition) is 1. The zero-order valence-corrected chi connectivity index (χ0v) is 11.0. The molecule has 2 heteroatoms. The number of carbonyl (C=O) groups is 1. The average Bonchev–Trinajstić information content (AvgIpc) is 3.01. The molecule has 2 N–H and O–H groups in total. The number of hydrogen-bond donors (Lipinski definition) is 1. The van der Waals surface area contributed by atoms with Gasteiger partial charge in [-0.05, 0) is 55.3 Å². The van der Waals surface area contributed by atoms with Gasteiger partial charge in [-0.2, -0.15) is 0 Å². The van der Waals surface area contributed by atoms with Crippen LogP contribution in [0.4, 0.5) is 0 Å². The summed E-state index contributed by atoms with van der Waals surface area (Å²) >= 11 is 0. The lowest BCUT2D eigenvalue weighted by Crippen LogP contribution is -2.28. The van der Waals surface area contributed by atoms with Gasteiger partial charge in [0.2, 0.25) is 6.41 Å². The van der Waals surface area contributed by atoms with E-state index in [4.69, 9.17) is 4.79 Å². The Bertz CT molecular complexity index is 211. The molecule has 0 aromatic carbocycles. The molecule has 0 spiro atoms. The van der Waals surface area contributed by atoms with Crippen molar-refractivity contribution in [3.05, 3.63) is 0 Å². The van der Waals surface area contributed by atoms with Gasteiger partial charge in [-0.3, -0.25) is 4.79 Å². The van der Waals surface area contributed by atoms with E-state index in [0.717, 1.165) is 29.6 Å². The molecule has 0 aliphatic heterocycles. The molecule has 2 aliphatic rings. The van der Waals surface area contributed by atoms with Crippen LogP contribution in [0.2, 0.25) is 0 Å². The topological polar surface area (TPSA) is 43.1 Å². The van der Waals surface area contributed by atoms with Gasteiger partial charge in [0.05, 0.1) is 0 Å². The van der Waals surface area contributed by atoms with E-state index in [1.807, 2.05) is 0 Å². The normalized spacial score (nSPS) is 34.1. The van der Waals surface area contributed by atoms with E-state index < -0.39 is 0 Å². The molecule has 0 heterocycles. The van der Waals surface area contributed by atoms with Crippen LogP contribution in [0.3, 0.4) is 0 Å². The summed E-state index contributed by atoms with van der Waals surface area (Å²) in [5.74, 6) is 5.24. The van der Waals surface area contributed by atoms with Gasteiger partial charge in [0.15, 0.2) is 0 Å². The highest BCUT2D eigenvalue weighted by molar-refractivity contribution is 5.42. The molecule has 3 atom stereocenters. The summed E-state index contributed by atoms with van der Waals surface area (Å²) < 4.78 is 0. The molecular formula is C14H27NO. The second kappa shape index (κ2) is 6.27. The van der Waals surface area contributed by atoms with Crippen molar-refractivity contribution in [2.24, 2.45) is 35.3 Å². The van der Waals surface area contributed by atoms with E-state index in [1.54, 1.807) is 12.8 Å². The van der Waals surface area contributed by atoms with Gasteiger partial charge >= 0.3 is 0 Å². The zero-order valence-electron chi connectivity index (χ0n) is 11.0. The highest BCUT2D eigenvalue weighted by atomic mass is 16.1. The second-order valence-electron chi connectivity index (χ2n) is 5.96. The molecular weight excluding hydrogens is 198 g/mol. The number of primary amides is 1. The maximum absolute atomic E-state index is 8.58. The zero-order chi connectivity index (χ0) is 12.1. The van der Waals surface area contributed by atoms with Gasteiger partial charge in [-0.25, -0.2) is 0 Å². The van der Waals surface area contributed by atoms with E-state index >= 15 is 0 Å². The first-order chi connectivity index (χ1) is 7.60. The highest BCUT2D eigenvalue weighted by Gasteiger charge is 2.40. The van der Waals surface area contributed by atoms with E-state index in [9.17, 15) is 0 Å². The van der Waals surface area contributed by atoms with Gasteiger partial charge in [0.1, 0.15) is 0 Å². The van der Waals surface area contributed by atoms with E-state index in [0.29, 0.717) is 0 Å². The molecule has 0 radical (unpaired) electrons. The van der Waals surface area contributed by atoms with Crippen LogP contribution in [0, 0.1) is 29.6 Å². The molecule has 2 rings (SSSR count). The molecule has 0 aromatic rings. The lowest BCUT2D eigenvalue weighted by atomic mass is 9.68. The van der Waals surface area contributed by atoms with Gasteiger partial charge in [0, 0.05) is 0 Å². The standard InChI is InChI=1S/C13H24.CH3NO/c1-9(2)12-7-4-10(3)8-13(12)11-5-6-11;2-1-3/h9-13H,4-8H2,1-3H3;1H,(H2,2,3). The number of nitrogens with two attached hydrogens (primary N) is 1. The maximum Gasteiger partial charge on any atom is 0.204 e. The molecule has 0 aromatic heterocycles. The monoisotopic (exact) mass is 225 g/mol. The molecule has 16 heavy (non-hydrogen) atoms. The molecule has 94 valence electrons. The summed E-state index contributed by atoms with van der Waals surface area (Å²) in [5, 5.41) is 0. The molecule has 0 bridgehead atoms. The average molecular weight is 225 g/mol. The van der Waals surface area contributed by atoms with Crippen molar-refractivity contribution in [3.8, 4) is 0 Å². The Morgan fingerprint density at radius 3 is 2.19 bits per heavy atom. The molecule has 2 nitrogen and oxygen atoms in total. The number of rotatable bonds is 2. The summed E-state index contributed by atoms with van der Waals surface area (Å²) in [6, 6.07) is 0. The van der Waals surface area contributed by atoms with Crippen molar-refractivity contribution in [2.45, 2.75) is 52.9 Å². The van der Waals surface area contributed by atoms with Gasteiger partial charge in [0.25, 0.3) is 0 Å². The fourth-order valence-corrected chi connectivity index (χ4v) is 3.34. The Kier molecular flexibility index (Phi) is 5.30. The van der Waals surface area contributed by atoms with Crippen molar-refractivity contribution >= 4 is 6.41 Å². The van der Waals surface area contributed by atoms with Crippen LogP contribution in [0.25, 0.3) is 0 Å². The second-order valence-corrected chi connectivity index (χ2v) is 5.96. The van der Waals surface area contributed by atoms with E-state index in [-0.39, 0.29) is 6.41 Å². The smallest absolute Gasteiger partial charge is 0.204 e. The molecule has 0 saturated heterocycles. The lowest BCUT2D eigenvalue weighted by molar-refractivity contribution is -0.106. The van der Waals surface area contributed by atoms with E-state index in [1.165, 1.54) is 19.3 Å². The van der Waals surface area contributed by atoms with Crippen LogP contribution < -0.4 is 5.73 Å². The SMILES string of the molecule is CC1CCC(C(C)C)C(C2CC2)C1.NC=O. The number of amides is 1. The van der Waals surface area contributed by atoms with E-state index in [2.05, 4.69) is 26.5 Å². The summed E-state index contributed by atoms with van der Waals surface area (Å²) in [7, 11) is 0.